The number of hydrogen-bond donors (Lipinski definition) is 2. The second-order valence-electron chi connectivity index (χ2n) is 10.6. The first kappa shape index (κ1) is 30.3. The zero-order valence-corrected chi connectivity index (χ0v) is 24.5. The smallest absolute Gasteiger partial charge is 0.266 e. The summed E-state index contributed by atoms with van der Waals surface area (Å²) in [4.78, 5) is 36.5. The number of aromatic nitrogens is 2. The summed E-state index contributed by atoms with van der Waals surface area (Å²) in [7, 11) is 4.05. The molecule has 0 bridgehead atoms. The van der Waals surface area contributed by atoms with Gasteiger partial charge in [0.25, 0.3) is 11.5 Å². The number of nitrogens with zero attached hydrogens (tertiary/aromatic N) is 5. The van der Waals surface area contributed by atoms with Crippen LogP contribution in [0.2, 0.25) is 0 Å². The third-order valence-electron chi connectivity index (χ3n) is 7.19. The van der Waals surface area contributed by atoms with Gasteiger partial charge in [-0.05, 0) is 62.5 Å². The number of halogens is 2. The van der Waals surface area contributed by atoms with E-state index in [0.717, 1.165) is 47.3 Å². The van der Waals surface area contributed by atoms with Crippen LogP contribution in [0, 0.1) is 23.5 Å². The number of nitrogens with one attached hydrogen (secondary N) is 1. The Kier molecular flexibility index (Phi) is 8.94. The maximum atomic E-state index is 13.7. The Morgan fingerprint density at radius 2 is 1.86 bits per heavy atom. The zero-order chi connectivity index (χ0) is 31.4. The Bertz CT molecular complexity index is 1860. The molecule has 11 heteroatoms. The van der Waals surface area contributed by atoms with E-state index in [-0.39, 0.29) is 12.1 Å². The molecule has 0 saturated heterocycles. The molecule has 4 aromatic rings. The van der Waals surface area contributed by atoms with Crippen LogP contribution in [0.3, 0.4) is 0 Å². The summed E-state index contributed by atoms with van der Waals surface area (Å²) in [5.74, 6) is 10.4. The maximum Gasteiger partial charge on any atom is 0.266 e. The first-order valence-corrected chi connectivity index (χ1v) is 13.9. The summed E-state index contributed by atoms with van der Waals surface area (Å²) in [5.41, 5.74) is 4.15. The first-order valence-electron chi connectivity index (χ1n) is 13.9. The topological polar surface area (TPSA) is 109 Å². The molecule has 1 aliphatic rings. The van der Waals surface area contributed by atoms with Crippen LogP contribution in [0.25, 0.3) is 0 Å². The van der Waals surface area contributed by atoms with Gasteiger partial charge in [-0.25, -0.2) is 19.6 Å². The van der Waals surface area contributed by atoms with E-state index in [9.17, 15) is 18.4 Å². The lowest BCUT2D eigenvalue weighted by atomic mass is 10.0. The standard InChI is InChI=1S/C33H31F2N7O2/c1-21(25-11-12-28(34)29(35)16-25)41-20-37-18-27(33(41)44)32(43)38-14-4-5-22-8-13-30-26(15-22)17-39-31(42(30)36)24-9-6-23(7-10-24)19-40(2)3/h6-13,15-16,18,20-21H,14,17,19,36H2,1-3H3,(H,38,43). The van der Waals surface area contributed by atoms with Crippen LogP contribution < -0.4 is 21.7 Å². The number of hydrogen-bond acceptors (Lipinski definition) is 7. The Labute approximate surface area is 253 Å². The largest absolute Gasteiger partial charge is 0.341 e. The van der Waals surface area contributed by atoms with Crippen molar-refractivity contribution in [2.75, 3.05) is 25.6 Å². The highest BCUT2D eigenvalue weighted by molar-refractivity contribution is 6.10. The van der Waals surface area contributed by atoms with E-state index in [1.165, 1.54) is 22.5 Å². The molecule has 1 unspecified atom stereocenters. The van der Waals surface area contributed by atoms with Gasteiger partial charge in [0.1, 0.15) is 11.4 Å². The van der Waals surface area contributed by atoms with Gasteiger partial charge in [-0.15, -0.1) is 0 Å². The Morgan fingerprint density at radius 1 is 1.09 bits per heavy atom. The van der Waals surface area contributed by atoms with Crippen molar-refractivity contribution in [3.63, 3.8) is 0 Å². The number of aliphatic imine (C=N–C) groups is 1. The van der Waals surface area contributed by atoms with Crippen LogP contribution in [0.4, 0.5) is 14.5 Å². The van der Waals surface area contributed by atoms with Crippen LogP contribution in [0.1, 0.15) is 51.1 Å². The third-order valence-corrected chi connectivity index (χ3v) is 7.19. The predicted octanol–water partition coefficient (Wildman–Crippen LogP) is 3.61. The van der Waals surface area contributed by atoms with Crippen molar-refractivity contribution in [1.82, 2.24) is 19.8 Å². The molecule has 0 aliphatic carbocycles. The van der Waals surface area contributed by atoms with E-state index < -0.39 is 29.1 Å². The molecule has 1 atom stereocenters. The van der Waals surface area contributed by atoms with Crippen LogP contribution in [0.5, 0.6) is 0 Å². The fraction of sp³-hybridized carbons (Fsp3) is 0.212. The van der Waals surface area contributed by atoms with Gasteiger partial charge in [0.05, 0.1) is 31.1 Å². The highest BCUT2D eigenvalue weighted by Crippen LogP contribution is 2.27. The molecule has 0 fully saturated rings. The van der Waals surface area contributed by atoms with E-state index in [4.69, 9.17) is 10.8 Å². The molecular weight excluding hydrogens is 564 g/mol. The predicted molar refractivity (Wildman–Crippen MR) is 165 cm³/mol. The minimum absolute atomic E-state index is 0.0158. The van der Waals surface area contributed by atoms with Crippen molar-refractivity contribution >= 4 is 17.4 Å². The van der Waals surface area contributed by atoms with E-state index in [2.05, 4.69) is 39.2 Å². The molecule has 1 aliphatic heterocycles. The van der Waals surface area contributed by atoms with E-state index in [0.29, 0.717) is 17.9 Å². The van der Waals surface area contributed by atoms with Crippen molar-refractivity contribution in [2.45, 2.75) is 26.1 Å². The SMILES string of the molecule is CC(c1ccc(F)c(F)c1)n1cncc(C(=O)NCC#Cc2ccc3c(c2)CN=C(c2ccc(CN(C)C)cc2)N3N)c1=O. The van der Waals surface area contributed by atoms with Gasteiger partial charge in [0.2, 0.25) is 0 Å². The Hall–Kier alpha value is -5.18. The number of carbonyl (C=O) groups excluding carboxylic acids is 1. The fourth-order valence-corrected chi connectivity index (χ4v) is 4.89. The monoisotopic (exact) mass is 595 g/mol. The summed E-state index contributed by atoms with van der Waals surface area (Å²) < 4.78 is 28.2. The maximum absolute atomic E-state index is 13.7. The summed E-state index contributed by atoms with van der Waals surface area (Å²) in [6.07, 6.45) is 2.41. The van der Waals surface area contributed by atoms with Gasteiger partial charge in [0, 0.05) is 29.4 Å². The first-order chi connectivity index (χ1) is 21.1. The molecule has 0 spiro atoms. The van der Waals surface area contributed by atoms with Gasteiger partial charge in [-0.1, -0.05) is 42.2 Å². The van der Waals surface area contributed by atoms with Gasteiger partial charge in [-0.2, -0.15) is 0 Å². The van der Waals surface area contributed by atoms with Crippen LogP contribution >= 0.6 is 0 Å². The molecule has 5 rings (SSSR count). The molecular formula is C33H31F2N7O2. The van der Waals surface area contributed by atoms with Crippen LogP contribution in [-0.2, 0) is 13.1 Å². The Morgan fingerprint density at radius 3 is 2.59 bits per heavy atom. The minimum atomic E-state index is -1.03. The lowest BCUT2D eigenvalue weighted by Gasteiger charge is -2.27. The number of carbonyl (C=O) groups is 1. The number of fused-ring (bicyclic) bond motifs is 1. The quantitative estimate of drug-likeness (QED) is 0.250. The highest BCUT2D eigenvalue weighted by Gasteiger charge is 2.21. The average molecular weight is 596 g/mol. The van der Waals surface area contributed by atoms with Crippen molar-refractivity contribution in [1.29, 1.82) is 0 Å². The van der Waals surface area contributed by atoms with Gasteiger partial charge in [0.15, 0.2) is 11.6 Å². The lowest BCUT2D eigenvalue weighted by molar-refractivity contribution is 0.0956. The molecule has 224 valence electrons. The number of benzene rings is 3. The van der Waals surface area contributed by atoms with E-state index in [1.807, 2.05) is 44.4 Å². The number of rotatable bonds is 7. The minimum Gasteiger partial charge on any atom is -0.341 e. The normalized spacial score (nSPS) is 13.1. The molecule has 3 aromatic carbocycles. The van der Waals surface area contributed by atoms with Crippen LogP contribution in [-0.4, -0.2) is 46.8 Å². The number of amides is 1. The van der Waals surface area contributed by atoms with Crippen molar-refractivity contribution in [2.24, 2.45) is 10.8 Å². The fourth-order valence-electron chi connectivity index (χ4n) is 4.89. The molecule has 1 amide bonds. The molecule has 0 saturated carbocycles. The number of amidine groups is 1. The van der Waals surface area contributed by atoms with Crippen LogP contribution in [0.15, 0.2) is 83.0 Å². The molecule has 0 radical (unpaired) electrons. The van der Waals surface area contributed by atoms with Crippen molar-refractivity contribution < 1.29 is 13.6 Å². The molecule has 1 aromatic heterocycles. The highest BCUT2D eigenvalue weighted by atomic mass is 19.2. The van der Waals surface area contributed by atoms with Gasteiger partial charge >= 0.3 is 0 Å². The third kappa shape index (κ3) is 6.57. The number of nitrogens with two attached hydrogens (primary N) is 1. The van der Waals surface area contributed by atoms with Gasteiger partial charge < -0.3 is 10.2 Å². The number of hydrazine groups is 1. The summed E-state index contributed by atoms with van der Waals surface area (Å²) >= 11 is 0. The molecule has 3 N–H and O–H groups in total. The lowest BCUT2D eigenvalue weighted by Crippen LogP contribution is -2.40. The number of anilines is 1. The van der Waals surface area contributed by atoms with Gasteiger partial charge in [-0.3, -0.25) is 24.2 Å². The molecule has 2 heterocycles. The van der Waals surface area contributed by atoms with Crippen molar-refractivity contribution in [3.05, 3.63) is 129 Å². The second-order valence-corrected chi connectivity index (χ2v) is 10.6. The van der Waals surface area contributed by atoms with E-state index >= 15 is 0 Å². The molecule has 9 nitrogen and oxygen atoms in total. The summed E-state index contributed by atoms with van der Waals surface area (Å²) in [6, 6.07) is 16.5. The zero-order valence-electron chi connectivity index (χ0n) is 24.5. The average Bonchev–Trinajstić information content (AvgIpc) is 3.01. The Balaban J connectivity index is 1.22. The van der Waals surface area contributed by atoms with E-state index in [1.54, 1.807) is 11.9 Å². The summed E-state index contributed by atoms with van der Waals surface area (Å²) in [6.45, 7) is 2.90. The summed E-state index contributed by atoms with van der Waals surface area (Å²) in [5, 5.41) is 4.19. The second kappa shape index (κ2) is 13.0. The molecule has 44 heavy (non-hydrogen) atoms. The van der Waals surface area contributed by atoms with Crippen molar-refractivity contribution in [3.8, 4) is 11.8 Å².